The molecule has 96 valence electrons. The lowest BCUT2D eigenvalue weighted by Gasteiger charge is -2.18. The molecule has 1 atom stereocenters. The number of aromatic nitrogens is 2. The first kappa shape index (κ1) is 12.4. The largest absolute Gasteiger partial charge is 0.226 e. The van der Waals surface area contributed by atoms with Gasteiger partial charge in [-0.3, -0.25) is 0 Å². The second-order valence-electron chi connectivity index (χ2n) is 5.04. The van der Waals surface area contributed by atoms with Crippen molar-refractivity contribution >= 4 is 33.3 Å². The number of rotatable bonds is 2. The Kier molecular flexibility index (Phi) is 3.32. The number of thiophene rings is 1. The number of fused-ring (bicyclic) bond motifs is 3. The molecule has 0 saturated heterocycles. The van der Waals surface area contributed by atoms with Crippen molar-refractivity contribution in [1.29, 1.82) is 0 Å². The van der Waals surface area contributed by atoms with E-state index in [4.69, 9.17) is 0 Å². The molecular weight excluding hydrogens is 260 g/mol. The zero-order chi connectivity index (χ0) is 12.7. The van der Waals surface area contributed by atoms with Crippen LogP contribution >= 0.6 is 23.1 Å². The van der Waals surface area contributed by atoms with Crippen LogP contribution in [-0.2, 0) is 12.8 Å². The Morgan fingerprint density at radius 1 is 1.39 bits per heavy atom. The normalized spacial score (nSPS) is 19.2. The Balaban J connectivity index is 2.22. The number of hydrogen-bond acceptors (Lipinski definition) is 4. The Hall–Kier alpha value is -0.610. The number of thioether (sulfide) groups is 1. The summed E-state index contributed by atoms with van der Waals surface area (Å²) in [6.07, 6.45) is 3.74. The molecule has 1 aliphatic carbocycles. The van der Waals surface area contributed by atoms with E-state index in [1.807, 2.05) is 30.0 Å². The van der Waals surface area contributed by atoms with Crippen LogP contribution in [-0.4, -0.2) is 15.7 Å². The van der Waals surface area contributed by atoms with Crippen LogP contribution in [0, 0.1) is 12.8 Å². The van der Waals surface area contributed by atoms with Gasteiger partial charge in [-0.2, -0.15) is 0 Å². The Bertz CT molecular complexity index is 589. The lowest BCUT2D eigenvalue weighted by molar-refractivity contribution is 0.509. The standard InChI is InChI=1S/C14H18N2S2/c1-4-17-13-12-10-6-5-8(2)7-11(10)18-14(12)16-9(3)15-13/h8H,4-7H2,1-3H3/t8-/m0/s1. The molecule has 0 fully saturated rings. The zero-order valence-electron chi connectivity index (χ0n) is 11.1. The first-order chi connectivity index (χ1) is 8.69. The maximum atomic E-state index is 4.65. The number of nitrogens with zero attached hydrogens (tertiary/aromatic N) is 2. The summed E-state index contributed by atoms with van der Waals surface area (Å²) in [5.41, 5.74) is 1.55. The molecule has 1 aliphatic rings. The van der Waals surface area contributed by atoms with Crippen LogP contribution in [0.1, 0.15) is 36.5 Å². The third kappa shape index (κ3) is 2.05. The van der Waals surface area contributed by atoms with Crippen LogP contribution in [0.25, 0.3) is 10.2 Å². The van der Waals surface area contributed by atoms with Crippen molar-refractivity contribution in [3.8, 4) is 0 Å². The van der Waals surface area contributed by atoms with Gasteiger partial charge < -0.3 is 0 Å². The molecule has 0 spiro atoms. The van der Waals surface area contributed by atoms with E-state index >= 15 is 0 Å². The molecule has 2 aromatic rings. The molecule has 0 unspecified atom stereocenters. The smallest absolute Gasteiger partial charge is 0.128 e. The highest BCUT2D eigenvalue weighted by molar-refractivity contribution is 7.99. The van der Waals surface area contributed by atoms with Crippen molar-refractivity contribution in [2.45, 2.75) is 45.1 Å². The van der Waals surface area contributed by atoms with E-state index < -0.39 is 0 Å². The van der Waals surface area contributed by atoms with Crippen LogP contribution in [0.4, 0.5) is 0 Å². The van der Waals surface area contributed by atoms with Gasteiger partial charge >= 0.3 is 0 Å². The molecule has 4 heteroatoms. The lowest BCUT2D eigenvalue weighted by atomic mass is 9.89. The van der Waals surface area contributed by atoms with E-state index in [9.17, 15) is 0 Å². The fourth-order valence-corrected chi connectivity index (χ4v) is 4.98. The minimum absolute atomic E-state index is 0.821. The highest BCUT2D eigenvalue weighted by Crippen LogP contribution is 2.40. The molecule has 0 amide bonds. The van der Waals surface area contributed by atoms with Crippen LogP contribution in [0.5, 0.6) is 0 Å². The maximum Gasteiger partial charge on any atom is 0.128 e. The van der Waals surface area contributed by atoms with Crippen LogP contribution in [0.2, 0.25) is 0 Å². The molecule has 0 aromatic carbocycles. The summed E-state index contributed by atoms with van der Waals surface area (Å²) in [5.74, 6) is 2.80. The SMILES string of the molecule is CCSc1nc(C)nc2sc3c(c12)CC[C@H](C)C3. The Morgan fingerprint density at radius 2 is 2.22 bits per heavy atom. The molecule has 0 bridgehead atoms. The molecule has 2 heterocycles. The minimum atomic E-state index is 0.821. The van der Waals surface area contributed by atoms with Gasteiger partial charge in [-0.15, -0.1) is 23.1 Å². The van der Waals surface area contributed by atoms with Gasteiger partial charge in [0.2, 0.25) is 0 Å². The average Bonchev–Trinajstić information content (AvgIpc) is 2.65. The van der Waals surface area contributed by atoms with E-state index in [1.54, 1.807) is 10.4 Å². The number of aryl methyl sites for hydroxylation is 2. The topological polar surface area (TPSA) is 25.8 Å². The molecule has 3 rings (SSSR count). The van der Waals surface area contributed by atoms with Gasteiger partial charge in [-0.1, -0.05) is 13.8 Å². The van der Waals surface area contributed by atoms with Crippen molar-refractivity contribution in [3.63, 3.8) is 0 Å². The molecule has 0 aliphatic heterocycles. The van der Waals surface area contributed by atoms with Crippen LogP contribution in [0.3, 0.4) is 0 Å². The molecule has 2 aromatic heterocycles. The predicted octanol–water partition coefficient (Wildman–Crippen LogP) is 4.24. The monoisotopic (exact) mass is 278 g/mol. The highest BCUT2D eigenvalue weighted by Gasteiger charge is 2.23. The summed E-state index contributed by atoms with van der Waals surface area (Å²) >= 11 is 3.75. The molecular formula is C14H18N2S2. The van der Waals surface area contributed by atoms with E-state index in [1.165, 1.54) is 34.5 Å². The fourth-order valence-electron chi connectivity index (χ4n) is 2.65. The van der Waals surface area contributed by atoms with Crippen LogP contribution < -0.4 is 0 Å². The maximum absolute atomic E-state index is 4.65. The molecule has 0 saturated carbocycles. The van der Waals surface area contributed by atoms with Crippen molar-refractivity contribution < 1.29 is 0 Å². The lowest BCUT2D eigenvalue weighted by Crippen LogP contribution is -2.08. The van der Waals surface area contributed by atoms with E-state index in [0.717, 1.165) is 17.5 Å². The fraction of sp³-hybridized carbons (Fsp3) is 0.571. The minimum Gasteiger partial charge on any atom is -0.226 e. The summed E-state index contributed by atoms with van der Waals surface area (Å²) in [5, 5.41) is 2.56. The van der Waals surface area contributed by atoms with Gasteiger partial charge in [0.25, 0.3) is 0 Å². The molecule has 0 radical (unpaired) electrons. The van der Waals surface area contributed by atoms with Crippen molar-refractivity contribution in [2.24, 2.45) is 5.92 Å². The first-order valence-electron chi connectivity index (χ1n) is 6.60. The van der Waals surface area contributed by atoms with Gasteiger partial charge in [-0.25, -0.2) is 9.97 Å². The summed E-state index contributed by atoms with van der Waals surface area (Å²) in [4.78, 5) is 12.1. The first-order valence-corrected chi connectivity index (χ1v) is 8.41. The predicted molar refractivity (Wildman–Crippen MR) is 79.7 cm³/mol. The van der Waals surface area contributed by atoms with Crippen molar-refractivity contribution in [2.75, 3.05) is 5.75 Å². The van der Waals surface area contributed by atoms with E-state index in [2.05, 4.69) is 23.8 Å². The summed E-state index contributed by atoms with van der Waals surface area (Å²) in [7, 11) is 0. The highest BCUT2D eigenvalue weighted by atomic mass is 32.2. The Labute approximate surface area is 116 Å². The number of hydrogen-bond donors (Lipinski definition) is 0. The van der Waals surface area contributed by atoms with Gasteiger partial charge in [-0.05, 0) is 43.4 Å². The summed E-state index contributed by atoms with van der Waals surface area (Å²) < 4.78 is 0. The van der Waals surface area contributed by atoms with Gasteiger partial charge in [0.05, 0.1) is 0 Å². The summed E-state index contributed by atoms with van der Waals surface area (Å²) in [6.45, 7) is 6.54. The quantitative estimate of drug-likeness (QED) is 0.607. The zero-order valence-corrected chi connectivity index (χ0v) is 12.7. The van der Waals surface area contributed by atoms with Crippen molar-refractivity contribution in [3.05, 3.63) is 16.3 Å². The van der Waals surface area contributed by atoms with E-state index in [-0.39, 0.29) is 0 Å². The van der Waals surface area contributed by atoms with Crippen molar-refractivity contribution in [1.82, 2.24) is 9.97 Å². The third-order valence-electron chi connectivity index (χ3n) is 3.51. The molecule has 18 heavy (non-hydrogen) atoms. The summed E-state index contributed by atoms with van der Waals surface area (Å²) in [6, 6.07) is 0. The third-order valence-corrected chi connectivity index (χ3v) is 5.52. The second kappa shape index (κ2) is 4.82. The van der Waals surface area contributed by atoms with Crippen LogP contribution in [0.15, 0.2) is 5.03 Å². The Morgan fingerprint density at radius 3 is 3.00 bits per heavy atom. The van der Waals surface area contributed by atoms with Gasteiger partial charge in [0, 0.05) is 10.3 Å². The van der Waals surface area contributed by atoms with Gasteiger partial charge in [0.15, 0.2) is 0 Å². The second-order valence-corrected chi connectivity index (χ2v) is 7.38. The molecule has 0 N–H and O–H groups in total. The van der Waals surface area contributed by atoms with E-state index in [0.29, 0.717) is 0 Å². The molecule has 2 nitrogen and oxygen atoms in total. The average molecular weight is 278 g/mol. The van der Waals surface area contributed by atoms with Gasteiger partial charge in [0.1, 0.15) is 15.7 Å².